The number of nitrogens with zero attached hydrogens (tertiary/aromatic N) is 2. The van der Waals surface area contributed by atoms with Crippen LogP contribution in [0.15, 0.2) is 41.9 Å². The van der Waals surface area contributed by atoms with Gasteiger partial charge in [-0.15, -0.1) is 30.6 Å². The van der Waals surface area contributed by atoms with Crippen LogP contribution in [0.25, 0.3) is 0 Å². The first-order valence-corrected chi connectivity index (χ1v) is 5.76. The summed E-state index contributed by atoms with van der Waals surface area (Å²) in [6, 6.07) is 8.40. The van der Waals surface area contributed by atoms with Crippen LogP contribution in [0, 0.1) is 6.92 Å². The highest BCUT2D eigenvalue weighted by atomic mass is 127. The number of aliphatic imine (C=N–C) groups is 1. The quantitative estimate of drug-likeness (QED) is 0.388. The van der Waals surface area contributed by atoms with Crippen molar-refractivity contribution in [1.82, 2.24) is 10.2 Å². The fraction of sp³-hybridized carbons (Fsp3) is 0.357. The number of benzene rings is 1. The van der Waals surface area contributed by atoms with E-state index in [0.29, 0.717) is 0 Å². The lowest BCUT2D eigenvalue weighted by molar-refractivity contribution is 0.479. The normalized spacial score (nSPS) is 10.5. The van der Waals surface area contributed by atoms with E-state index in [1.54, 1.807) is 7.05 Å². The van der Waals surface area contributed by atoms with Gasteiger partial charge < -0.3 is 10.2 Å². The number of hydrogen-bond donors (Lipinski definition) is 1. The minimum atomic E-state index is 0. The highest BCUT2D eigenvalue weighted by Crippen LogP contribution is 2.09. The summed E-state index contributed by atoms with van der Waals surface area (Å²) >= 11 is 0. The Morgan fingerprint density at radius 3 is 2.67 bits per heavy atom. The second kappa shape index (κ2) is 8.97. The van der Waals surface area contributed by atoms with Gasteiger partial charge in [0.15, 0.2) is 5.96 Å². The molecule has 0 saturated heterocycles. The lowest BCUT2D eigenvalue weighted by Crippen LogP contribution is -2.38. The molecule has 18 heavy (non-hydrogen) atoms. The van der Waals surface area contributed by atoms with Crippen LogP contribution < -0.4 is 5.32 Å². The van der Waals surface area contributed by atoms with Gasteiger partial charge in [-0.1, -0.05) is 30.3 Å². The number of rotatable bonds is 4. The number of guanidine groups is 1. The lowest BCUT2D eigenvalue weighted by atomic mass is 10.1. The fourth-order valence-corrected chi connectivity index (χ4v) is 1.67. The van der Waals surface area contributed by atoms with E-state index in [2.05, 4.69) is 53.0 Å². The molecule has 0 amide bonds. The Balaban J connectivity index is 0.00000289. The maximum absolute atomic E-state index is 4.23. The van der Waals surface area contributed by atoms with Crippen LogP contribution >= 0.6 is 24.0 Å². The van der Waals surface area contributed by atoms with Gasteiger partial charge in [0.25, 0.3) is 0 Å². The average Bonchev–Trinajstić information content (AvgIpc) is 2.33. The van der Waals surface area contributed by atoms with Crippen molar-refractivity contribution in [3.05, 3.63) is 48.0 Å². The van der Waals surface area contributed by atoms with Gasteiger partial charge in [-0.2, -0.15) is 0 Å². The molecule has 1 rings (SSSR count). The van der Waals surface area contributed by atoms with Gasteiger partial charge in [-0.05, 0) is 18.1 Å². The molecule has 0 atom stereocenters. The van der Waals surface area contributed by atoms with Gasteiger partial charge in [0.1, 0.15) is 0 Å². The summed E-state index contributed by atoms with van der Waals surface area (Å²) in [5.41, 5.74) is 2.62. The monoisotopic (exact) mass is 359 g/mol. The van der Waals surface area contributed by atoms with Crippen LogP contribution in [0.5, 0.6) is 0 Å². The van der Waals surface area contributed by atoms with Crippen molar-refractivity contribution in [2.24, 2.45) is 4.99 Å². The summed E-state index contributed by atoms with van der Waals surface area (Å²) < 4.78 is 0. The Bertz CT molecular complexity index is 402. The molecule has 1 aromatic rings. The highest BCUT2D eigenvalue weighted by Gasteiger charge is 2.06. The Morgan fingerprint density at radius 2 is 2.11 bits per heavy atom. The van der Waals surface area contributed by atoms with Crippen molar-refractivity contribution >= 4 is 29.9 Å². The minimum absolute atomic E-state index is 0. The average molecular weight is 359 g/mol. The first-order chi connectivity index (χ1) is 8.19. The van der Waals surface area contributed by atoms with Crippen molar-refractivity contribution in [1.29, 1.82) is 0 Å². The predicted molar refractivity (Wildman–Crippen MR) is 89.6 cm³/mol. The van der Waals surface area contributed by atoms with Crippen LogP contribution in [0.3, 0.4) is 0 Å². The fourth-order valence-electron chi connectivity index (χ4n) is 1.67. The standard InChI is InChI=1S/C14H21N3.HI/c1-5-10-16-14(15-3)17(4)11-13-9-7-6-8-12(13)2;/h5-9H,1,10-11H2,2-4H3,(H,15,16);1H. The van der Waals surface area contributed by atoms with E-state index >= 15 is 0 Å². The zero-order valence-corrected chi connectivity index (χ0v) is 13.6. The Kier molecular flexibility index (Phi) is 8.45. The molecule has 0 spiro atoms. The Hall–Kier alpha value is -1.04. The van der Waals surface area contributed by atoms with E-state index in [1.807, 2.05) is 13.1 Å². The van der Waals surface area contributed by atoms with Crippen LogP contribution in [-0.2, 0) is 6.54 Å². The third-order valence-electron chi connectivity index (χ3n) is 2.65. The molecule has 0 radical (unpaired) electrons. The van der Waals surface area contributed by atoms with E-state index in [4.69, 9.17) is 0 Å². The zero-order chi connectivity index (χ0) is 12.7. The summed E-state index contributed by atoms with van der Waals surface area (Å²) in [4.78, 5) is 6.34. The van der Waals surface area contributed by atoms with Gasteiger partial charge >= 0.3 is 0 Å². The first kappa shape index (κ1) is 17.0. The largest absolute Gasteiger partial charge is 0.353 e. The van der Waals surface area contributed by atoms with Crippen molar-refractivity contribution in [2.75, 3.05) is 20.6 Å². The Morgan fingerprint density at radius 1 is 1.44 bits per heavy atom. The molecule has 0 bridgehead atoms. The molecule has 0 saturated carbocycles. The molecule has 4 heteroatoms. The summed E-state index contributed by atoms with van der Waals surface area (Å²) in [6.45, 7) is 7.39. The van der Waals surface area contributed by atoms with E-state index in [-0.39, 0.29) is 24.0 Å². The Labute approximate surface area is 127 Å². The van der Waals surface area contributed by atoms with E-state index < -0.39 is 0 Å². The molecular weight excluding hydrogens is 337 g/mol. The van der Waals surface area contributed by atoms with Crippen LogP contribution in [-0.4, -0.2) is 31.5 Å². The van der Waals surface area contributed by atoms with Crippen LogP contribution in [0.4, 0.5) is 0 Å². The molecule has 0 unspecified atom stereocenters. The van der Waals surface area contributed by atoms with Gasteiger partial charge in [0, 0.05) is 27.2 Å². The van der Waals surface area contributed by atoms with Crippen molar-refractivity contribution in [3.8, 4) is 0 Å². The van der Waals surface area contributed by atoms with Gasteiger partial charge in [-0.25, -0.2) is 0 Å². The molecule has 1 N–H and O–H groups in total. The SMILES string of the molecule is C=CCNC(=NC)N(C)Cc1ccccc1C.I. The molecule has 3 nitrogen and oxygen atoms in total. The van der Waals surface area contributed by atoms with Crippen LogP contribution in [0.2, 0.25) is 0 Å². The maximum Gasteiger partial charge on any atom is 0.193 e. The summed E-state index contributed by atoms with van der Waals surface area (Å²) in [5.74, 6) is 0.883. The molecule has 0 aliphatic rings. The predicted octanol–water partition coefficient (Wildman–Crippen LogP) is 2.81. The maximum atomic E-state index is 4.23. The first-order valence-electron chi connectivity index (χ1n) is 5.76. The minimum Gasteiger partial charge on any atom is -0.353 e. The summed E-state index contributed by atoms with van der Waals surface area (Å²) in [7, 11) is 3.82. The van der Waals surface area contributed by atoms with E-state index in [1.165, 1.54) is 11.1 Å². The third kappa shape index (κ3) is 5.08. The topological polar surface area (TPSA) is 27.6 Å². The molecule has 100 valence electrons. The molecule has 0 fully saturated rings. The lowest BCUT2D eigenvalue weighted by Gasteiger charge is -2.22. The van der Waals surface area contributed by atoms with Crippen molar-refractivity contribution in [2.45, 2.75) is 13.5 Å². The smallest absolute Gasteiger partial charge is 0.193 e. The van der Waals surface area contributed by atoms with Gasteiger partial charge in [0.05, 0.1) is 0 Å². The van der Waals surface area contributed by atoms with E-state index in [0.717, 1.165) is 19.0 Å². The number of hydrogen-bond acceptors (Lipinski definition) is 1. The highest BCUT2D eigenvalue weighted by molar-refractivity contribution is 14.0. The summed E-state index contributed by atoms with van der Waals surface area (Å²) in [5, 5.41) is 3.22. The third-order valence-corrected chi connectivity index (χ3v) is 2.65. The van der Waals surface area contributed by atoms with Crippen molar-refractivity contribution in [3.63, 3.8) is 0 Å². The molecule has 0 aromatic heterocycles. The number of aryl methyl sites for hydroxylation is 1. The van der Waals surface area contributed by atoms with Gasteiger partial charge in [-0.3, -0.25) is 4.99 Å². The molecule has 0 heterocycles. The molecule has 1 aromatic carbocycles. The van der Waals surface area contributed by atoms with Gasteiger partial charge in [0.2, 0.25) is 0 Å². The van der Waals surface area contributed by atoms with Crippen molar-refractivity contribution < 1.29 is 0 Å². The second-order valence-electron chi connectivity index (χ2n) is 4.00. The zero-order valence-electron chi connectivity index (χ0n) is 11.3. The molecule has 0 aliphatic heterocycles. The second-order valence-corrected chi connectivity index (χ2v) is 4.00. The van der Waals surface area contributed by atoms with E-state index in [9.17, 15) is 0 Å². The number of halogens is 1. The van der Waals surface area contributed by atoms with Crippen LogP contribution in [0.1, 0.15) is 11.1 Å². The summed E-state index contributed by atoms with van der Waals surface area (Å²) in [6.07, 6.45) is 1.83. The molecular formula is C14H22IN3. The number of nitrogens with one attached hydrogen (secondary N) is 1. The molecule has 0 aliphatic carbocycles.